The third-order valence-corrected chi connectivity index (χ3v) is 4.76. The SMILES string of the molecule is O=C(Cn1cnc2ccc([N+](=O)[O-])cc2c1=O)c1ccc(OCc2ccccc2)cc1. The number of nitrogens with zero attached hydrogens (tertiary/aromatic N) is 3. The van der Waals surface area contributed by atoms with Gasteiger partial charge in [-0.2, -0.15) is 0 Å². The van der Waals surface area contributed by atoms with Crippen LogP contribution in [0.3, 0.4) is 0 Å². The fraction of sp³-hybridized carbons (Fsp3) is 0.0870. The number of ether oxygens (including phenoxy) is 1. The first-order valence-electron chi connectivity index (χ1n) is 9.45. The van der Waals surface area contributed by atoms with E-state index in [-0.39, 0.29) is 23.4 Å². The molecule has 0 radical (unpaired) electrons. The van der Waals surface area contributed by atoms with Crippen molar-refractivity contribution >= 4 is 22.4 Å². The molecule has 0 bridgehead atoms. The summed E-state index contributed by atoms with van der Waals surface area (Å²) in [5, 5.41) is 11.1. The van der Waals surface area contributed by atoms with E-state index in [9.17, 15) is 19.7 Å². The number of fused-ring (bicyclic) bond motifs is 1. The molecule has 0 amide bonds. The van der Waals surface area contributed by atoms with E-state index in [4.69, 9.17) is 4.74 Å². The molecule has 1 aromatic heterocycles. The third-order valence-electron chi connectivity index (χ3n) is 4.76. The molecule has 8 heteroatoms. The van der Waals surface area contributed by atoms with Crippen LogP contribution in [0.5, 0.6) is 5.75 Å². The van der Waals surface area contributed by atoms with Crippen LogP contribution in [0.1, 0.15) is 15.9 Å². The van der Waals surface area contributed by atoms with Crippen LogP contribution in [0.2, 0.25) is 0 Å². The topological polar surface area (TPSA) is 104 Å². The molecule has 31 heavy (non-hydrogen) atoms. The summed E-state index contributed by atoms with van der Waals surface area (Å²) >= 11 is 0. The van der Waals surface area contributed by atoms with Crippen LogP contribution in [0.4, 0.5) is 5.69 Å². The highest BCUT2D eigenvalue weighted by Gasteiger charge is 2.13. The molecular weight excluding hydrogens is 398 g/mol. The molecule has 4 aromatic rings. The minimum Gasteiger partial charge on any atom is -0.489 e. The summed E-state index contributed by atoms with van der Waals surface area (Å²) in [5.74, 6) is 0.334. The summed E-state index contributed by atoms with van der Waals surface area (Å²) < 4.78 is 6.86. The molecule has 0 spiro atoms. The highest BCUT2D eigenvalue weighted by molar-refractivity contribution is 5.96. The molecule has 0 fully saturated rings. The quantitative estimate of drug-likeness (QED) is 0.259. The highest BCUT2D eigenvalue weighted by Crippen LogP contribution is 2.17. The van der Waals surface area contributed by atoms with Gasteiger partial charge in [-0.05, 0) is 35.9 Å². The fourth-order valence-corrected chi connectivity index (χ4v) is 3.10. The van der Waals surface area contributed by atoms with Gasteiger partial charge in [-0.3, -0.25) is 24.3 Å². The number of carbonyl (C=O) groups is 1. The highest BCUT2D eigenvalue weighted by atomic mass is 16.6. The van der Waals surface area contributed by atoms with E-state index in [2.05, 4.69) is 4.98 Å². The van der Waals surface area contributed by atoms with Crippen molar-refractivity contribution in [3.63, 3.8) is 0 Å². The molecule has 0 aliphatic rings. The Morgan fingerprint density at radius 1 is 1.03 bits per heavy atom. The number of ketones is 1. The van der Waals surface area contributed by atoms with E-state index in [0.717, 1.165) is 10.1 Å². The maximum Gasteiger partial charge on any atom is 0.270 e. The van der Waals surface area contributed by atoms with E-state index < -0.39 is 10.5 Å². The fourth-order valence-electron chi connectivity index (χ4n) is 3.10. The van der Waals surface area contributed by atoms with E-state index in [1.165, 1.54) is 24.5 Å². The first-order valence-corrected chi connectivity index (χ1v) is 9.45. The second-order valence-corrected chi connectivity index (χ2v) is 6.86. The molecule has 0 saturated heterocycles. The zero-order valence-electron chi connectivity index (χ0n) is 16.3. The molecular formula is C23H17N3O5. The summed E-state index contributed by atoms with van der Waals surface area (Å²) in [6.45, 7) is 0.188. The van der Waals surface area contributed by atoms with Gasteiger partial charge in [0, 0.05) is 17.7 Å². The number of nitro groups is 1. The average molecular weight is 415 g/mol. The Balaban J connectivity index is 1.48. The van der Waals surface area contributed by atoms with Crippen LogP contribution in [-0.2, 0) is 13.2 Å². The predicted molar refractivity (Wildman–Crippen MR) is 114 cm³/mol. The maximum atomic E-state index is 12.7. The lowest BCUT2D eigenvalue weighted by atomic mass is 10.1. The van der Waals surface area contributed by atoms with E-state index in [1.807, 2.05) is 30.3 Å². The standard InChI is InChI=1S/C23H17N3O5/c27-22(17-6-9-19(10-7-17)31-14-16-4-2-1-3-5-16)13-25-15-24-21-11-8-18(26(29)30)12-20(21)23(25)28/h1-12,15H,13-14H2. The zero-order valence-corrected chi connectivity index (χ0v) is 16.3. The number of Topliss-reactive ketones (excluding diaryl/α,β-unsaturated/α-hetero) is 1. The van der Waals surface area contributed by atoms with Crippen molar-refractivity contribution in [3.8, 4) is 5.75 Å². The van der Waals surface area contributed by atoms with E-state index >= 15 is 0 Å². The number of nitro benzene ring substituents is 1. The molecule has 0 N–H and O–H groups in total. The van der Waals surface area contributed by atoms with Gasteiger partial charge in [0.25, 0.3) is 11.2 Å². The molecule has 0 atom stereocenters. The number of rotatable bonds is 7. The molecule has 0 saturated carbocycles. The first kappa shape index (κ1) is 20.0. The lowest BCUT2D eigenvalue weighted by Crippen LogP contribution is -2.24. The second-order valence-electron chi connectivity index (χ2n) is 6.86. The summed E-state index contributed by atoms with van der Waals surface area (Å²) in [4.78, 5) is 39.8. The van der Waals surface area contributed by atoms with E-state index in [0.29, 0.717) is 23.4 Å². The lowest BCUT2D eigenvalue weighted by molar-refractivity contribution is -0.384. The van der Waals surface area contributed by atoms with Gasteiger partial charge in [0.1, 0.15) is 12.4 Å². The Hall–Kier alpha value is -4.33. The minimum atomic E-state index is -0.581. The van der Waals surface area contributed by atoms with Crippen molar-refractivity contribution in [2.45, 2.75) is 13.2 Å². The van der Waals surface area contributed by atoms with Crippen molar-refractivity contribution in [1.82, 2.24) is 9.55 Å². The van der Waals surface area contributed by atoms with Crippen LogP contribution in [0.15, 0.2) is 83.9 Å². The minimum absolute atomic E-state index is 0.0918. The van der Waals surface area contributed by atoms with Crippen molar-refractivity contribution in [2.24, 2.45) is 0 Å². The van der Waals surface area contributed by atoms with Crippen molar-refractivity contribution in [2.75, 3.05) is 0 Å². The zero-order chi connectivity index (χ0) is 21.8. The third kappa shape index (κ3) is 4.48. The van der Waals surface area contributed by atoms with Crippen LogP contribution < -0.4 is 10.3 Å². The van der Waals surface area contributed by atoms with Crippen molar-refractivity contribution in [3.05, 3.63) is 111 Å². The van der Waals surface area contributed by atoms with Gasteiger partial charge in [0.2, 0.25) is 0 Å². The van der Waals surface area contributed by atoms with Gasteiger partial charge in [-0.25, -0.2) is 4.98 Å². The normalized spacial score (nSPS) is 10.7. The number of hydrogen-bond acceptors (Lipinski definition) is 6. The van der Waals surface area contributed by atoms with Gasteiger partial charge in [0.15, 0.2) is 5.78 Å². The monoisotopic (exact) mass is 415 g/mol. The number of non-ortho nitro benzene ring substituents is 1. The smallest absolute Gasteiger partial charge is 0.270 e. The Bertz CT molecular complexity index is 1310. The van der Waals surface area contributed by atoms with Crippen LogP contribution in [-0.4, -0.2) is 20.3 Å². The van der Waals surface area contributed by atoms with E-state index in [1.54, 1.807) is 24.3 Å². The van der Waals surface area contributed by atoms with Crippen molar-refractivity contribution < 1.29 is 14.5 Å². The number of hydrogen-bond donors (Lipinski definition) is 0. The number of carbonyl (C=O) groups excluding carboxylic acids is 1. The van der Waals surface area contributed by atoms with Gasteiger partial charge < -0.3 is 4.74 Å². The lowest BCUT2D eigenvalue weighted by Gasteiger charge is -2.08. The average Bonchev–Trinajstić information content (AvgIpc) is 2.80. The maximum absolute atomic E-state index is 12.7. The summed E-state index contributed by atoms with van der Waals surface area (Å²) in [5.41, 5.74) is 1.06. The van der Waals surface area contributed by atoms with Gasteiger partial charge in [-0.15, -0.1) is 0 Å². The molecule has 0 aliphatic heterocycles. The first-order chi connectivity index (χ1) is 15.0. The largest absolute Gasteiger partial charge is 0.489 e. The Morgan fingerprint density at radius 3 is 2.48 bits per heavy atom. The summed E-state index contributed by atoms with van der Waals surface area (Å²) in [7, 11) is 0. The van der Waals surface area contributed by atoms with Crippen molar-refractivity contribution in [1.29, 1.82) is 0 Å². The predicted octanol–water partition coefficient (Wildman–Crippen LogP) is 3.77. The van der Waals surface area contributed by atoms with Gasteiger partial charge in [0.05, 0.1) is 28.7 Å². The Kier molecular flexibility index (Phi) is 5.53. The van der Waals surface area contributed by atoms with Gasteiger partial charge >= 0.3 is 0 Å². The van der Waals surface area contributed by atoms with Crippen LogP contribution >= 0.6 is 0 Å². The Morgan fingerprint density at radius 2 is 1.77 bits per heavy atom. The summed E-state index contributed by atoms with van der Waals surface area (Å²) in [6.07, 6.45) is 1.27. The van der Waals surface area contributed by atoms with Crippen LogP contribution in [0, 0.1) is 10.1 Å². The van der Waals surface area contributed by atoms with Gasteiger partial charge in [-0.1, -0.05) is 30.3 Å². The number of benzene rings is 3. The molecule has 154 valence electrons. The number of aromatic nitrogens is 2. The Labute approximate surface area is 176 Å². The summed E-state index contributed by atoms with van der Waals surface area (Å²) in [6, 6.07) is 20.2. The van der Waals surface area contributed by atoms with Crippen LogP contribution in [0.25, 0.3) is 10.9 Å². The molecule has 8 nitrogen and oxygen atoms in total. The molecule has 4 rings (SSSR count). The molecule has 1 heterocycles. The molecule has 0 unspecified atom stereocenters. The second kappa shape index (κ2) is 8.58. The molecule has 3 aromatic carbocycles. The molecule has 0 aliphatic carbocycles.